The maximum Gasteiger partial charge on any atom is 0.160 e. The van der Waals surface area contributed by atoms with Gasteiger partial charge in [0, 0.05) is 18.6 Å². The average Bonchev–Trinajstić information content (AvgIpc) is 3.05. The van der Waals surface area contributed by atoms with Crippen LogP contribution in [0.2, 0.25) is 5.15 Å². The van der Waals surface area contributed by atoms with Crippen molar-refractivity contribution < 1.29 is 0 Å². The molecule has 0 aliphatic heterocycles. The molecule has 0 saturated carbocycles. The molecule has 0 amide bonds. The number of hydrogen-bond donors (Lipinski definition) is 0. The quantitative estimate of drug-likeness (QED) is 0.744. The lowest BCUT2D eigenvalue weighted by molar-refractivity contribution is 0.874. The Kier molecular flexibility index (Phi) is 3.27. The van der Waals surface area contributed by atoms with Gasteiger partial charge in [-0.05, 0) is 30.1 Å². The van der Waals surface area contributed by atoms with Crippen molar-refractivity contribution in [3.63, 3.8) is 0 Å². The average molecular weight is 292 g/mol. The molecular formula is C12H10ClN5S. The Morgan fingerprint density at radius 2 is 2.16 bits per heavy atom. The van der Waals surface area contributed by atoms with E-state index in [9.17, 15) is 0 Å². The van der Waals surface area contributed by atoms with Gasteiger partial charge in [0.1, 0.15) is 0 Å². The first-order valence-electron chi connectivity index (χ1n) is 5.54. The molecule has 0 unspecified atom stereocenters. The van der Waals surface area contributed by atoms with E-state index in [2.05, 4.69) is 15.2 Å². The molecule has 3 aromatic rings. The molecule has 0 fully saturated rings. The van der Waals surface area contributed by atoms with Crippen LogP contribution in [0.4, 0.5) is 0 Å². The van der Waals surface area contributed by atoms with E-state index in [1.807, 2.05) is 30.7 Å². The van der Waals surface area contributed by atoms with E-state index in [0.717, 1.165) is 16.9 Å². The van der Waals surface area contributed by atoms with Gasteiger partial charge in [-0.25, -0.2) is 8.77 Å². The maximum absolute atomic E-state index is 6.21. The van der Waals surface area contributed by atoms with E-state index >= 15 is 0 Å². The molecule has 0 N–H and O–H groups in total. The normalized spacial score (nSPS) is 10.8. The van der Waals surface area contributed by atoms with Gasteiger partial charge in [0.15, 0.2) is 5.15 Å². The van der Waals surface area contributed by atoms with Crippen molar-refractivity contribution in [1.82, 2.24) is 24.0 Å². The number of aromatic nitrogens is 5. The number of pyridine rings is 1. The van der Waals surface area contributed by atoms with Crippen molar-refractivity contribution in [1.29, 1.82) is 0 Å². The molecule has 3 heterocycles. The molecule has 96 valence electrons. The molecule has 0 radical (unpaired) electrons. The van der Waals surface area contributed by atoms with Gasteiger partial charge in [0.2, 0.25) is 0 Å². The fraction of sp³-hybridized carbons (Fsp3) is 0.0833. The molecule has 19 heavy (non-hydrogen) atoms. The zero-order chi connectivity index (χ0) is 13.2. The van der Waals surface area contributed by atoms with Gasteiger partial charge < -0.3 is 0 Å². The highest BCUT2D eigenvalue weighted by Gasteiger charge is 2.14. The summed E-state index contributed by atoms with van der Waals surface area (Å²) in [5, 5.41) is 8.95. The molecular weight excluding hydrogens is 282 g/mol. The predicted molar refractivity (Wildman–Crippen MR) is 76.5 cm³/mol. The standard InChI is InChI=1S/C12H10ClN5S/c1-19-18-11(4-6-15-18)10-8-17(16-12(10)13)9-3-2-5-14-7-9/h2-8H,1H3. The van der Waals surface area contributed by atoms with Crippen LogP contribution in [0.25, 0.3) is 16.9 Å². The minimum atomic E-state index is 0.444. The summed E-state index contributed by atoms with van der Waals surface area (Å²) < 4.78 is 3.51. The SMILES string of the molecule is CSn1nccc1-c1cn(-c2cccnc2)nc1Cl. The Labute approximate surface area is 119 Å². The fourth-order valence-electron chi connectivity index (χ4n) is 1.77. The molecule has 7 heteroatoms. The second-order valence-electron chi connectivity index (χ2n) is 3.76. The van der Waals surface area contributed by atoms with Crippen LogP contribution < -0.4 is 0 Å². The molecule has 0 aromatic carbocycles. The largest absolute Gasteiger partial charge is 0.262 e. The lowest BCUT2D eigenvalue weighted by Crippen LogP contribution is -1.94. The highest BCUT2D eigenvalue weighted by atomic mass is 35.5. The van der Waals surface area contributed by atoms with E-state index in [4.69, 9.17) is 11.6 Å². The third-order valence-electron chi connectivity index (χ3n) is 2.64. The Morgan fingerprint density at radius 3 is 2.89 bits per heavy atom. The molecule has 0 aliphatic rings. The van der Waals surface area contributed by atoms with Crippen LogP contribution in [0.5, 0.6) is 0 Å². The van der Waals surface area contributed by atoms with Crippen LogP contribution >= 0.6 is 23.5 Å². The highest BCUT2D eigenvalue weighted by molar-refractivity contribution is 7.97. The van der Waals surface area contributed by atoms with E-state index in [1.54, 1.807) is 27.4 Å². The third-order valence-corrected chi connectivity index (χ3v) is 3.55. The summed E-state index contributed by atoms with van der Waals surface area (Å²) in [6, 6.07) is 5.69. The number of rotatable bonds is 3. The van der Waals surface area contributed by atoms with Crippen molar-refractivity contribution >= 4 is 23.5 Å². The first kappa shape index (κ1) is 12.3. The van der Waals surface area contributed by atoms with E-state index < -0.39 is 0 Å². The van der Waals surface area contributed by atoms with Gasteiger partial charge >= 0.3 is 0 Å². The molecule has 0 atom stereocenters. The second-order valence-corrected chi connectivity index (χ2v) is 4.83. The summed E-state index contributed by atoms with van der Waals surface area (Å²) in [6.07, 6.45) is 9.03. The molecule has 5 nitrogen and oxygen atoms in total. The molecule has 0 aliphatic carbocycles. The number of halogens is 1. The molecule has 0 saturated heterocycles. The zero-order valence-corrected chi connectivity index (χ0v) is 11.6. The van der Waals surface area contributed by atoms with Gasteiger partial charge in [-0.1, -0.05) is 11.6 Å². The van der Waals surface area contributed by atoms with E-state index in [-0.39, 0.29) is 0 Å². The van der Waals surface area contributed by atoms with Gasteiger partial charge in [0.05, 0.1) is 29.3 Å². The lowest BCUT2D eigenvalue weighted by atomic mass is 10.3. The third kappa shape index (κ3) is 2.24. The summed E-state index contributed by atoms with van der Waals surface area (Å²) in [5.41, 5.74) is 2.64. The Hall–Kier alpha value is -1.79. The first-order chi connectivity index (χ1) is 9.29. The molecule has 3 rings (SSSR count). The Morgan fingerprint density at radius 1 is 1.26 bits per heavy atom. The second kappa shape index (κ2) is 5.07. The zero-order valence-electron chi connectivity index (χ0n) is 10.1. The van der Waals surface area contributed by atoms with Crippen LogP contribution in [0.3, 0.4) is 0 Å². The van der Waals surface area contributed by atoms with E-state index in [0.29, 0.717) is 5.15 Å². The lowest BCUT2D eigenvalue weighted by Gasteiger charge is -2.00. The summed E-state index contributed by atoms with van der Waals surface area (Å²) in [7, 11) is 0. The Bertz CT molecular complexity index is 691. The van der Waals surface area contributed by atoms with Crippen molar-refractivity contribution in [3.8, 4) is 16.9 Å². The summed E-state index contributed by atoms with van der Waals surface area (Å²) >= 11 is 7.72. The van der Waals surface area contributed by atoms with Gasteiger partial charge in [-0.2, -0.15) is 10.2 Å². The predicted octanol–water partition coefficient (Wildman–Crippen LogP) is 2.91. The fourth-order valence-corrected chi connectivity index (χ4v) is 2.51. The van der Waals surface area contributed by atoms with Gasteiger partial charge in [0.25, 0.3) is 0 Å². The van der Waals surface area contributed by atoms with Crippen molar-refractivity contribution in [3.05, 3.63) is 48.1 Å². The maximum atomic E-state index is 6.21. The summed E-state index contributed by atoms with van der Waals surface area (Å²) in [4.78, 5) is 4.07. The first-order valence-corrected chi connectivity index (χ1v) is 7.10. The van der Waals surface area contributed by atoms with Crippen molar-refractivity contribution in [2.45, 2.75) is 0 Å². The monoisotopic (exact) mass is 291 g/mol. The van der Waals surface area contributed by atoms with Crippen molar-refractivity contribution in [2.75, 3.05) is 6.26 Å². The molecule has 0 spiro atoms. The minimum Gasteiger partial charge on any atom is -0.262 e. The van der Waals surface area contributed by atoms with E-state index in [1.165, 1.54) is 11.9 Å². The van der Waals surface area contributed by atoms with Crippen LogP contribution in [-0.2, 0) is 0 Å². The molecule has 3 aromatic heterocycles. The smallest absolute Gasteiger partial charge is 0.160 e. The minimum absolute atomic E-state index is 0.444. The van der Waals surface area contributed by atoms with Crippen LogP contribution in [0.1, 0.15) is 0 Å². The van der Waals surface area contributed by atoms with Crippen molar-refractivity contribution in [2.24, 2.45) is 0 Å². The highest BCUT2D eigenvalue weighted by Crippen LogP contribution is 2.29. The van der Waals surface area contributed by atoms with Crippen LogP contribution in [0, 0.1) is 0 Å². The molecule has 0 bridgehead atoms. The topological polar surface area (TPSA) is 48.5 Å². The Balaban J connectivity index is 2.08. The van der Waals surface area contributed by atoms with Gasteiger partial charge in [-0.15, -0.1) is 0 Å². The summed E-state index contributed by atoms with van der Waals surface area (Å²) in [5.74, 6) is 0. The van der Waals surface area contributed by atoms with Crippen LogP contribution in [-0.4, -0.2) is 30.2 Å². The summed E-state index contributed by atoms with van der Waals surface area (Å²) in [6.45, 7) is 0. The van der Waals surface area contributed by atoms with Gasteiger partial charge in [-0.3, -0.25) is 4.98 Å². The van der Waals surface area contributed by atoms with Crippen LogP contribution in [0.15, 0.2) is 43.0 Å². The number of nitrogens with zero attached hydrogens (tertiary/aromatic N) is 5. The number of hydrogen-bond acceptors (Lipinski definition) is 4.